The van der Waals surface area contributed by atoms with Crippen LogP contribution in [-0.4, -0.2) is 32.6 Å². The lowest BCUT2D eigenvalue weighted by molar-refractivity contribution is 0.363. The maximum Gasteiger partial charge on any atom is 0.146 e. The van der Waals surface area contributed by atoms with E-state index in [2.05, 4.69) is 0 Å². The molecule has 0 aliphatic heterocycles. The number of ether oxygens (including phenoxy) is 4. The van der Waals surface area contributed by atoms with Crippen molar-refractivity contribution in [2.24, 2.45) is 0 Å². The summed E-state index contributed by atoms with van der Waals surface area (Å²) >= 11 is 0. The third-order valence-electron chi connectivity index (χ3n) is 5.97. The van der Waals surface area contributed by atoms with E-state index in [-0.39, 0.29) is 0 Å². The van der Waals surface area contributed by atoms with Crippen molar-refractivity contribution in [1.29, 1.82) is 0 Å². The topological polar surface area (TPSA) is 54.0 Å². The van der Waals surface area contributed by atoms with Gasteiger partial charge in [0.05, 0.1) is 60.2 Å². The highest BCUT2D eigenvalue weighted by atomic mass is 32.2. The Bertz CT molecular complexity index is 1350. The van der Waals surface area contributed by atoms with Gasteiger partial charge in [0.1, 0.15) is 23.0 Å². The molecule has 0 aliphatic rings. The second-order valence-corrected chi connectivity index (χ2v) is 9.48. The molecule has 0 fully saturated rings. The van der Waals surface area contributed by atoms with Gasteiger partial charge in [-0.25, -0.2) is 4.21 Å². The molecule has 0 radical (unpaired) electrons. The fraction of sp³-hybridized carbons (Fsp3) is 0.125. The average Bonchev–Trinajstić information content (AvgIpc) is 2.99. The van der Waals surface area contributed by atoms with Crippen molar-refractivity contribution in [3.8, 4) is 11.5 Å². The highest BCUT2D eigenvalue weighted by molar-refractivity contribution is 8.03. The third kappa shape index (κ3) is 5.50. The van der Waals surface area contributed by atoms with Crippen LogP contribution in [-0.2, 0) is 20.3 Å². The highest BCUT2D eigenvalue weighted by Gasteiger charge is 2.28. The van der Waals surface area contributed by atoms with Gasteiger partial charge in [-0.2, -0.15) is 0 Å². The molecule has 0 atom stereocenters. The second kappa shape index (κ2) is 12.8. The van der Waals surface area contributed by atoms with E-state index in [0.717, 1.165) is 11.1 Å². The minimum atomic E-state index is -1.78. The maximum absolute atomic E-state index is 14.9. The molecule has 5 nitrogen and oxygen atoms in total. The van der Waals surface area contributed by atoms with Crippen LogP contribution in [0.3, 0.4) is 0 Å². The summed E-state index contributed by atoms with van der Waals surface area (Å²) in [7, 11) is 4.57. The second-order valence-electron chi connectivity index (χ2n) is 8.13. The first-order valence-electron chi connectivity index (χ1n) is 12.0. The molecule has 38 heavy (non-hydrogen) atoms. The minimum absolute atomic E-state index is 0.441. The van der Waals surface area contributed by atoms with Crippen molar-refractivity contribution in [2.45, 2.75) is 0 Å². The molecular weight excluding hydrogens is 496 g/mol. The third-order valence-corrected chi connectivity index (χ3v) is 7.55. The minimum Gasteiger partial charge on any atom is -0.496 e. The van der Waals surface area contributed by atoms with Crippen LogP contribution >= 0.6 is 0 Å². The van der Waals surface area contributed by atoms with Gasteiger partial charge < -0.3 is 18.9 Å². The summed E-state index contributed by atoms with van der Waals surface area (Å²) in [6, 6.07) is 34.2. The van der Waals surface area contributed by atoms with Gasteiger partial charge in [-0.1, -0.05) is 84.9 Å². The van der Waals surface area contributed by atoms with Crippen LogP contribution in [0.25, 0.3) is 21.3 Å². The molecule has 4 aromatic rings. The fourth-order valence-corrected chi connectivity index (χ4v) is 5.87. The smallest absolute Gasteiger partial charge is 0.146 e. The summed E-state index contributed by atoms with van der Waals surface area (Å²) in [5, 5.41) is 0. The van der Waals surface area contributed by atoms with E-state index >= 15 is 0 Å². The molecule has 0 unspecified atom stereocenters. The molecule has 0 heterocycles. The molecule has 0 saturated carbocycles. The Balaban J connectivity index is 2.11. The molecule has 6 heteroatoms. The van der Waals surface area contributed by atoms with Crippen molar-refractivity contribution < 1.29 is 23.2 Å². The predicted molar refractivity (Wildman–Crippen MR) is 155 cm³/mol. The lowest BCUT2D eigenvalue weighted by atomic mass is 10.1. The van der Waals surface area contributed by atoms with Crippen LogP contribution in [0, 0.1) is 0 Å². The molecule has 0 aromatic heterocycles. The van der Waals surface area contributed by atoms with E-state index < -0.39 is 10.8 Å². The number of rotatable bonds is 10. The average molecular weight is 527 g/mol. The van der Waals surface area contributed by atoms with Gasteiger partial charge in [-0.15, -0.1) is 0 Å². The lowest BCUT2D eigenvalue weighted by Gasteiger charge is -2.21. The van der Waals surface area contributed by atoms with E-state index in [4.69, 9.17) is 18.9 Å². The number of hydrogen-bond donors (Lipinski definition) is 0. The van der Waals surface area contributed by atoms with Crippen molar-refractivity contribution in [1.82, 2.24) is 0 Å². The standard InChI is InChI=1S/C32H30O5S/c1-34-27-21-13-11-19-25(27)29(36-3)31(23-15-7-5-8-16-23)38(33)32(24-17-9-6-10-18-24)30(37-4)26-20-12-14-22-28(26)35-2/h5-22H,1-4H3. The first-order valence-corrected chi connectivity index (χ1v) is 13.2. The van der Waals surface area contributed by atoms with Crippen molar-refractivity contribution in [3.63, 3.8) is 0 Å². The maximum atomic E-state index is 14.9. The molecule has 4 rings (SSSR count). The van der Waals surface area contributed by atoms with Crippen LogP contribution < -0.4 is 9.47 Å². The largest absolute Gasteiger partial charge is 0.496 e. The van der Waals surface area contributed by atoms with E-state index in [0.29, 0.717) is 44.0 Å². The summed E-state index contributed by atoms with van der Waals surface area (Å²) in [4.78, 5) is 0.974. The van der Waals surface area contributed by atoms with Gasteiger partial charge in [0, 0.05) is 0 Å². The van der Waals surface area contributed by atoms with Gasteiger partial charge in [-0.05, 0) is 35.4 Å². The van der Waals surface area contributed by atoms with E-state index in [1.165, 1.54) is 0 Å². The zero-order valence-corrected chi connectivity index (χ0v) is 22.7. The van der Waals surface area contributed by atoms with Crippen molar-refractivity contribution in [3.05, 3.63) is 131 Å². The van der Waals surface area contributed by atoms with Gasteiger partial charge in [0.15, 0.2) is 0 Å². The van der Waals surface area contributed by atoms with E-state index in [9.17, 15) is 4.21 Å². The quantitative estimate of drug-likeness (QED) is 0.163. The number of benzene rings is 4. The zero-order valence-electron chi connectivity index (χ0n) is 21.8. The Morgan fingerprint density at radius 1 is 0.500 bits per heavy atom. The molecule has 4 aromatic carbocycles. The predicted octanol–water partition coefficient (Wildman–Crippen LogP) is 7.10. The fourth-order valence-electron chi connectivity index (χ4n) is 4.24. The van der Waals surface area contributed by atoms with Gasteiger partial charge in [-0.3, -0.25) is 0 Å². The highest BCUT2D eigenvalue weighted by Crippen LogP contribution is 2.42. The lowest BCUT2D eigenvalue weighted by Crippen LogP contribution is -2.07. The number of hydrogen-bond acceptors (Lipinski definition) is 5. The molecule has 0 aliphatic carbocycles. The Kier molecular flexibility index (Phi) is 9.01. The summed E-state index contributed by atoms with van der Waals surface area (Å²) in [6.07, 6.45) is 0. The Morgan fingerprint density at radius 3 is 1.18 bits per heavy atom. The molecule has 0 saturated heterocycles. The Morgan fingerprint density at radius 2 is 0.842 bits per heavy atom. The molecule has 0 amide bonds. The van der Waals surface area contributed by atoms with E-state index in [1.54, 1.807) is 28.4 Å². The van der Waals surface area contributed by atoms with Crippen LogP contribution in [0.1, 0.15) is 22.3 Å². The first kappa shape index (κ1) is 26.8. The van der Waals surface area contributed by atoms with Crippen molar-refractivity contribution >= 4 is 32.1 Å². The molecule has 0 bridgehead atoms. The Hall–Kier alpha value is -4.29. The summed E-state index contributed by atoms with van der Waals surface area (Å²) in [5.41, 5.74) is 2.87. The monoisotopic (exact) mass is 526 g/mol. The summed E-state index contributed by atoms with van der Waals surface area (Å²) in [6.45, 7) is 0. The van der Waals surface area contributed by atoms with E-state index in [1.807, 2.05) is 109 Å². The molecule has 0 N–H and O–H groups in total. The summed E-state index contributed by atoms with van der Waals surface area (Å²) < 4.78 is 38.2. The van der Waals surface area contributed by atoms with Crippen LogP contribution in [0.4, 0.5) is 0 Å². The van der Waals surface area contributed by atoms with Crippen molar-refractivity contribution in [2.75, 3.05) is 28.4 Å². The number of methoxy groups -OCH3 is 4. The SMILES string of the molecule is COC(=C(c1ccccc1)S(=O)C(=C(OC)c1ccccc1OC)c1ccccc1)c1ccccc1OC. The van der Waals surface area contributed by atoms with Crippen LogP contribution in [0.5, 0.6) is 11.5 Å². The zero-order chi connectivity index (χ0) is 26.9. The number of para-hydroxylation sites is 2. The normalized spacial score (nSPS) is 13.1. The molecule has 0 spiro atoms. The van der Waals surface area contributed by atoms with Gasteiger partial charge in [0.25, 0.3) is 0 Å². The Labute approximate surface area is 226 Å². The summed E-state index contributed by atoms with van der Waals surface area (Å²) in [5.74, 6) is 2.10. The molecule has 194 valence electrons. The molecular formula is C32H30O5S. The van der Waals surface area contributed by atoms with Gasteiger partial charge in [0.2, 0.25) is 0 Å². The van der Waals surface area contributed by atoms with Crippen LogP contribution in [0.15, 0.2) is 109 Å². The van der Waals surface area contributed by atoms with Gasteiger partial charge >= 0.3 is 0 Å². The van der Waals surface area contributed by atoms with Crippen LogP contribution in [0.2, 0.25) is 0 Å². The first-order chi connectivity index (χ1) is 18.6.